The summed E-state index contributed by atoms with van der Waals surface area (Å²) in [7, 11) is 0. The fourth-order valence-electron chi connectivity index (χ4n) is 3.01. The van der Waals surface area contributed by atoms with E-state index in [0.29, 0.717) is 32.7 Å². The van der Waals surface area contributed by atoms with Crippen molar-refractivity contribution in [3.63, 3.8) is 0 Å². The molecule has 1 aromatic heterocycles. The Morgan fingerprint density at radius 1 is 1.13 bits per heavy atom. The maximum atomic E-state index is 13.5. The highest BCUT2D eigenvalue weighted by atomic mass is 79.9. The molecule has 0 aliphatic carbocycles. The van der Waals surface area contributed by atoms with Gasteiger partial charge in [-0.25, -0.2) is 9.37 Å². The summed E-state index contributed by atoms with van der Waals surface area (Å²) in [5.74, 6) is 0.708. The number of hydrogen-bond donors (Lipinski definition) is 1. The van der Waals surface area contributed by atoms with Gasteiger partial charge in [0.15, 0.2) is 0 Å². The molecule has 1 heterocycles. The Bertz CT molecular complexity index is 1270. The highest BCUT2D eigenvalue weighted by Crippen LogP contribution is 2.35. The van der Waals surface area contributed by atoms with Crippen molar-refractivity contribution in [2.75, 3.05) is 0 Å². The van der Waals surface area contributed by atoms with E-state index >= 15 is 0 Å². The SMILES string of the molecule is N#C/C(=C\c1cc(Br)cc(Br)c1OCc1cccc(F)c1)c1nc2ccccc2[nH]1. The Morgan fingerprint density at radius 2 is 1.97 bits per heavy atom. The molecule has 30 heavy (non-hydrogen) atoms. The first-order valence-corrected chi connectivity index (χ1v) is 10.6. The molecular formula is C23H14Br2FN3O. The van der Waals surface area contributed by atoms with Crippen LogP contribution in [0.1, 0.15) is 17.0 Å². The lowest BCUT2D eigenvalue weighted by atomic mass is 10.1. The van der Waals surface area contributed by atoms with Crippen LogP contribution in [-0.2, 0) is 6.61 Å². The van der Waals surface area contributed by atoms with Crippen LogP contribution in [0.2, 0.25) is 0 Å². The van der Waals surface area contributed by atoms with Gasteiger partial charge in [0.25, 0.3) is 0 Å². The number of benzene rings is 3. The van der Waals surface area contributed by atoms with Crippen LogP contribution in [-0.4, -0.2) is 9.97 Å². The molecule has 0 atom stereocenters. The zero-order chi connectivity index (χ0) is 21.1. The number of allylic oxidation sites excluding steroid dienone is 1. The second kappa shape index (κ2) is 8.82. The first-order valence-electron chi connectivity index (χ1n) is 8.96. The number of hydrogen-bond acceptors (Lipinski definition) is 3. The average molecular weight is 527 g/mol. The Balaban J connectivity index is 1.72. The number of rotatable bonds is 5. The van der Waals surface area contributed by atoms with Gasteiger partial charge >= 0.3 is 0 Å². The Labute approximate surface area is 189 Å². The molecule has 1 N–H and O–H groups in total. The van der Waals surface area contributed by atoms with Crippen LogP contribution in [0.5, 0.6) is 5.75 Å². The van der Waals surface area contributed by atoms with Crippen molar-refractivity contribution in [1.29, 1.82) is 5.26 Å². The lowest BCUT2D eigenvalue weighted by Gasteiger charge is -2.13. The minimum absolute atomic E-state index is 0.186. The van der Waals surface area contributed by atoms with Crippen molar-refractivity contribution < 1.29 is 9.13 Å². The molecule has 0 fully saturated rings. The number of fused-ring (bicyclic) bond motifs is 1. The standard InChI is InChI=1S/C23H14Br2FN3O/c24-17-10-15(9-16(12-27)23-28-20-6-1-2-7-21(20)29-23)22(19(25)11-17)30-13-14-4-3-5-18(26)8-14/h1-11H,13H2,(H,28,29)/b16-9+. The summed E-state index contributed by atoms with van der Waals surface area (Å²) < 4.78 is 21.0. The van der Waals surface area contributed by atoms with E-state index in [2.05, 4.69) is 47.9 Å². The first-order chi connectivity index (χ1) is 14.5. The molecule has 4 nitrogen and oxygen atoms in total. The summed E-state index contributed by atoms with van der Waals surface area (Å²) in [4.78, 5) is 7.68. The monoisotopic (exact) mass is 525 g/mol. The summed E-state index contributed by atoms with van der Waals surface area (Å²) >= 11 is 7.00. The number of imidazole rings is 1. The van der Waals surface area contributed by atoms with Gasteiger partial charge in [-0.2, -0.15) is 5.26 Å². The number of nitrogens with zero attached hydrogens (tertiary/aromatic N) is 2. The average Bonchev–Trinajstić information content (AvgIpc) is 3.15. The van der Waals surface area contributed by atoms with Crippen LogP contribution in [0.4, 0.5) is 4.39 Å². The van der Waals surface area contributed by atoms with Crippen LogP contribution >= 0.6 is 31.9 Å². The van der Waals surface area contributed by atoms with E-state index in [-0.39, 0.29) is 12.4 Å². The molecule has 0 bridgehead atoms. The van der Waals surface area contributed by atoms with Gasteiger partial charge in [-0.05, 0) is 64.0 Å². The molecule has 0 saturated carbocycles. The second-order valence-electron chi connectivity index (χ2n) is 6.50. The number of nitriles is 1. The third-order valence-electron chi connectivity index (χ3n) is 4.37. The van der Waals surface area contributed by atoms with Gasteiger partial charge in [-0.15, -0.1) is 0 Å². The molecule has 0 aliphatic heterocycles. The molecule has 7 heteroatoms. The number of para-hydroxylation sites is 2. The summed E-state index contributed by atoms with van der Waals surface area (Å²) in [6.45, 7) is 0.186. The minimum Gasteiger partial charge on any atom is -0.487 e. The van der Waals surface area contributed by atoms with E-state index in [0.717, 1.165) is 15.5 Å². The Hall–Kier alpha value is -2.95. The van der Waals surface area contributed by atoms with Gasteiger partial charge in [-0.1, -0.05) is 40.2 Å². The summed E-state index contributed by atoms with van der Waals surface area (Å²) in [5, 5.41) is 9.75. The number of ether oxygens (including phenoxy) is 1. The quantitative estimate of drug-likeness (QED) is 0.288. The predicted octanol–water partition coefficient (Wildman–Crippen LogP) is 6.87. The number of halogens is 3. The lowest BCUT2D eigenvalue weighted by molar-refractivity contribution is 0.303. The maximum Gasteiger partial charge on any atom is 0.149 e. The van der Waals surface area contributed by atoms with Crippen molar-refractivity contribution in [2.45, 2.75) is 6.61 Å². The normalized spacial score (nSPS) is 11.5. The van der Waals surface area contributed by atoms with E-state index in [1.807, 2.05) is 36.4 Å². The molecule has 4 aromatic rings. The Kier molecular flexibility index (Phi) is 5.98. The van der Waals surface area contributed by atoms with Gasteiger partial charge in [0.2, 0.25) is 0 Å². The molecule has 0 saturated heterocycles. The van der Waals surface area contributed by atoms with Crippen molar-refractivity contribution in [3.8, 4) is 11.8 Å². The first kappa shape index (κ1) is 20.3. The van der Waals surface area contributed by atoms with Crippen molar-refractivity contribution in [1.82, 2.24) is 9.97 Å². The van der Waals surface area contributed by atoms with Crippen molar-refractivity contribution in [3.05, 3.63) is 92.4 Å². The topological polar surface area (TPSA) is 61.7 Å². The molecule has 0 unspecified atom stereocenters. The van der Waals surface area contributed by atoms with Crippen LogP contribution in [0.3, 0.4) is 0 Å². The number of aromatic amines is 1. The van der Waals surface area contributed by atoms with E-state index < -0.39 is 0 Å². The molecule has 4 rings (SSSR count). The summed E-state index contributed by atoms with van der Waals surface area (Å²) in [6.07, 6.45) is 1.72. The van der Waals surface area contributed by atoms with Gasteiger partial charge < -0.3 is 9.72 Å². The molecular weight excluding hydrogens is 513 g/mol. The summed E-state index contributed by atoms with van der Waals surface area (Å²) in [6, 6.07) is 19.8. The highest BCUT2D eigenvalue weighted by molar-refractivity contribution is 9.11. The van der Waals surface area contributed by atoms with E-state index in [4.69, 9.17) is 4.74 Å². The largest absolute Gasteiger partial charge is 0.487 e. The van der Waals surface area contributed by atoms with Crippen LogP contribution in [0.25, 0.3) is 22.7 Å². The fraction of sp³-hybridized carbons (Fsp3) is 0.0435. The van der Waals surface area contributed by atoms with Crippen molar-refractivity contribution in [2.24, 2.45) is 0 Å². The molecule has 3 aromatic carbocycles. The lowest BCUT2D eigenvalue weighted by Crippen LogP contribution is -1.99. The maximum absolute atomic E-state index is 13.5. The highest BCUT2D eigenvalue weighted by Gasteiger charge is 2.13. The predicted molar refractivity (Wildman–Crippen MR) is 122 cm³/mol. The van der Waals surface area contributed by atoms with E-state index in [1.165, 1.54) is 12.1 Å². The third kappa shape index (κ3) is 4.45. The van der Waals surface area contributed by atoms with Crippen LogP contribution in [0, 0.1) is 17.1 Å². The van der Waals surface area contributed by atoms with E-state index in [9.17, 15) is 9.65 Å². The minimum atomic E-state index is -0.317. The smallest absolute Gasteiger partial charge is 0.149 e. The molecule has 0 aliphatic rings. The van der Waals surface area contributed by atoms with Gasteiger partial charge in [0, 0.05) is 10.0 Å². The van der Waals surface area contributed by atoms with Crippen molar-refractivity contribution >= 4 is 54.5 Å². The molecule has 0 spiro atoms. The Morgan fingerprint density at radius 3 is 2.73 bits per heavy atom. The number of aromatic nitrogens is 2. The third-order valence-corrected chi connectivity index (χ3v) is 5.42. The number of nitrogens with one attached hydrogen (secondary N) is 1. The zero-order valence-corrected chi connectivity index (χ0v) is 18.7. The second-order valence-corrected chi connectivity index (χ2v) is 8.27. The molecule has 0 amide bonds. The molecule has 148 valence electrons. The number of H-pyrrole nitrogens is 1. The zero-order valence-electron chi connectivity index (χ0n) is 15.5. The van der Waals surface area contributed by atoms with Gasteiger partial charge in [0.1, 0.15) is 30.1 Å². The van der Waals surface area contributed by atoms with E-state index in [1.54, 1.807) is 18.2 Å². The van der Waals surface area contributed by atoms with Gasteiger partial charge in [0.05, 0.1) is 21.1 Å². The molecule has 0 radical (unpaired) electrons. The van der Waals surface area contributed by atoms with Gasteiger partial charge in [-0.3, -0.25) is 0 Å². The van der Waals surface area contributed by atoms with Crippen LogP contribution in [0.15, 0.2) is 69.6 Å². The summed E-state index contributed by atoms with van der Waals surface area (Å²) in [5.41, 5.74) is 3.40. The van der Waals surface area contributed by atoms with Crippen LogP contribution < -0.4 is 4.74 Å². The fourth-order valence-corrected chi connectivity index (χ4v) is 4.38.